The van der Waals surface area contributed by atoms with Crippen LogP contribution in [0.3, 0.4) is 0 Å². The first kappa shape index (κ1) is 24.6. The lowest BCUT2D eigenvalue weighted by atomic mass is 10.0. The second kappa shape index (κ2) is 10.9. The van der Waals surface area contributed by atoms with E-state index in [1.807, 2.05) is 37.3 Å². The number of rotatable bonds is 10. The monoisotopic (exact) mass is 496 g/mol. The van der Waals surface area contributed by atoms with E-state index in [9.17, 15) is 4.79 Å². The minimum atomic E-state index is -0.0807. The topological polar surface area (TPSA) is 92.8 Å². The molecule has 0 saturated carbocycles. The lowest BCUT2D eigenvalue weighted by molar-refractivity contribution is 0.172. The van der Waals surface area contributed by atoms with Gasteiger partial charge in [0.2, 0.25) is 0 Å². The molecule has 1 atom stereocenters. The standard InChI is InChI=1S/C29H32N6O2/c1-4-27(28-31-32-33-35(28)19-24-11-8-14-37-24)34(13-12-22-9-6-5-7-10-22)18-23-17-25-21(3)15-20(2)16-26(25)30-29(23)36/h5-11,14-17,27H,4,12-13,18-19H2,1-3H3,(H,30,36)/t27-/m1/s1. The first-order chi connectivity index (χ1) is 18.0. The Morgan fingerprint density at radius 3 is 2.68 bits per heavy atom. The molecule has 0 saturated heterocycles. The van der Waals surface area contributed by atoms with E-state index in [1.165, 1.54) is 5.56 Å². The van der Waals surface area contributed by atoms with E-state index in [-0.39, 0.29) is 11.6 Å². The highest BCUT2D eigenvalue weighted by Gasteiger charge is 2.26. The number of nitrogens with one attached hydrogen (secondary N) is 1. The Bertz CT molecular complexity index is 1520. The number of tetrazole rings is 1. The molecule has 5 rings (SSSR count). The number of aromatic amines is 1. The van der Waals surface area contributed by atoms with Gasteiger partial charge in [-0.1, -0.05) is 43.3 Å². The van der Waals surface area contributed by atoms with Crippen LogP contribution in [0.2, 0.25) is 0 Å². The van der Waals surface area contributed by atoms with E-state index in [0.717, 1.165) is 58.6 Å². The molecule has 0 bridgehead atoms. The van der Waals surface area contributed by atoms with Gasteiger partial charge in [-0.05, 0) is 78.1 Å². The number of hydrogen-bond donors (Lipinski definition) is 1. The molecule has 0 aliphatic rings. The number of furan rings is 1. The Labute approximate surface area is 215 Å². The average molecular weight is 497 g/mol. The third kappa shape index (κ3) is 5.54. The van der Waals surface area contributed by atoms with Crippen LogP contribution in [0.15, 0.2) is 76.1 Å². The van der Waals surface area contributed by atoms with E-state index in [1.54, 1.807) is 10.9 Å². The highest BCUT2D eigenvalue weighted by atomic mass is 16.3. The fourth-order valence-corrected chi connectivity index (χ4v) is 5.03. The molecule has 1 N–H and O–H groups in total. The molecule has 0 aliphatic heterocycles. The van der Waals surface area contributed by atoms with Crippen LogP contribution < -0.4 is 5.56 Å². The Morgan fingerprint density at radius 2 is 1.92 bits per heavy atom. The first-order valence-corrected chi connectivity index (χ1v) is 12.7. The second-order valence-electron chi connectivity index (χ2n) is 9.57. The molecular weight excluding hydrogens is 464 g/mol. The Kier molecular flexibility index (Phi) is 7.28. The van der Waals surface area contributed by atoms with E-state index >= 15 is 0 Å². The van der Waals surface area contributed by atoms with Gasteiger partial charge in [-0.3, -0.25) is 9.69 Å². The molecule has 0 fully saturated rings. The molecule has 5 aromatic rings. The van der Waals surface area contributed by atoms with Crippen LogP contribution in [-0.4, -0.2) is 36.6 Å². The zero-order valence-corrected chi connectivity index (χ0v) is 21.5. The van der Waals surface area contributed by atoms with E-state index in [2.05, 4.69) is 69.6 Å². The lowest BCUT2D eigenvalue weighted by Crippen LogP contribution is -2.34. The Hall–Kier alpha value is -4.04. The normalized spacial score (nSPS) is 12.4. The summed E-state index contributed by atoms with van der Waals surface area (Å²) in [5.74, 6) is 1.55. The van der Waals surface area contributed by atoms with Crippen LogP contribution in [0.1, 0.15) is 53.2 Å². The van der Waals surface area contributed by atoms with E-state index < -0.39 is 0 Å². The van der Waals surface area contributed by atoms with Gasteiger partial charge in [-0.15, -0.1) is 5.10 Å². The summed E-state index contributed by atoms with van der Waals surface area (Å²) < 4.78 is 7.33. The summed E-state index contributed by atoms with van der Waals surface area (Å²) in [6, 6.07) is 20.3. The van der Waals surface area contributed by atoms with Crippen molar-refractivity contribution in [3.8, 4) is 0 Å². The minimum Gasteiger partial charge on any atom is -0.467 e. The third-order valence-electron chi connectivity index (χ3n) is 6.86. The summed E-state index contributed by atoms with van der Waals surface area (Å²) in [6.45, 7) is 7.94. The summed E-state index contributed by atoms with van der Waals surface area (Å²) in [6.07, 6.45) is 3.29. The molecule has 0 spiro atoms. The average Bonchev–Trinajstić information content (AvgIpc) is 3.57. The molecule has 3 aromatic heterocycles. The van der Waals surface area contributed by atoms with Crippen LogP contribution in [0.5, 0.6) is 0 Å². The molecule has 190 valence electrons. The number of pyridine rings is 1. The summed E-state index contributed by atoms with van der Waals surface area (Å²) in [7, 11) is 0. The Balaban J connectivity index is 1.50. The molecule has 0 unspecified atom stereocenters. The number of hydrogen-bond acceptors (Lipinski definition) is 6. The van der Waals surface area contributed by atoms with Gasteiger partial charge in [0.25, 0.3) is 5.56 Å². The first-order valence-electron chi connectivity index (χ1n) is 12.7. The second-order valence-corrected chi connectivity index (χ2v) is 9.57. The molecule has 3 heterocycles. The predicted octanol–water partition coefficient (Wildman–Crippen LogP) is 4.97. The summed E-state index contributed by atoms with van der Waals surface area (Å²) in [4.78, 5) is 18.6. The highest BCUT2D eigenvalue weighted by molar-refractivity contribution is 5.83. The minimum absolute atomic E-state index is 0.0627. The van der Waals surface area contributed by atoms with Crippen molar-refractivity contribution in [3.05, 3.63) is 111 Å². The number of nitrogens with zero attached hydrogens (tertiary/aromatic N) is 5. The summed E-state index contributed by atoms with van der Waals surface area (Å²) in [5, 5.41) is 13.7. The maximum atomic E-state index is 13.2. The van der Waals surface area contributed by atoms with Crippen molar-refractivity contribution in [2.24, 2.45) is 0 Å². The molecule has 2 aromatic carbocycles. The number of benzene rings is 2. The molecular formula is C29H32N6O2. The Morgan fingerprint density at radius 1 is 1.08 bits per heavy atom. The van der Waals surface area contributed by atoms with E-state index in [0.29, 0.717) is 13.1 Å². The zero-order valence-electron chi connectivity index (χ0n) is 21.5. The van der Waals surface area contributed by atoms with Crippen molar-refractivity contribution in [2.75, 3.05) is 6.54 Å². The van der Waals surface area contributed by atoms with Gasteiger partial charge in [0.05, 0.1) is 12.3 Å². The number of aromatic nitrogens is 5. The SMILES string of the molecule is CC[C@H](c1nnnn1Cc1ccco1)N(CCc1ccccc1)Cc1cc2c(C)cc(C)cc2[nH]c1=O. The molecule has 8 nitrogen and oxygen atoms in total. The largest absolute Gasteiger partial charge is 0.467 e. The highest BCUT2D eigenvalue weighted by Crippen LogP contribution is 2.26. The van der Waals surface area contributed by atoms with Crippen LogP contribution in [0.4, 0.5) is 0 Å². The third-order valence-corrected chi connectivity index (χ3v) is 6.86. The summed E-state index contributed by atoms with van der Waals surface area (Å²) >= 11 is 0. The fourth-order valence-electron chi connectivity index (χ4n) is 5.03. The van der Waals surface area contributed by atoms with Gasteiger partial charge in [-0.2, -0.15) is 0 Å². The number of aryl methyl sites for hydroxylation is 2. The molecule has 0 amide bonds. The zero-order chi connectivity index (χ0) is 25.8. The lowest BCUT2D eigenvalue weighted by Gasteiger charge is -2.30. The van der Waals surface area contributed by atoms with Gasteiger partial charge in [-0.25, -0.2) is 4.68 Å². The van der Waals surface area contributed by atoms with Crippen molar-refractivity contribution in [2.45, 2.75) is 52.7 Å². The van der Waals surface area contributed by atoms with Gasteiger partial charge in [0.15, 0.2) is 5.82 Å². The molecule has 37 heavy (non-hydrogen) atoms. The van der Waals surface area contributed by atoms with Crippen molar-refractivity contribution in [1.82, 2.24) is 30.1 Å². The van der Waals surface area contributed by atoms with Crippen molar-refractivity contribution in [1.29, 1.82) is 0 Å². The van der Waals surface area contributed by atoms with Gasteiger partial charge >= 0.3 is 0 Å². The maximum absolute atomic E-state index is 13.2. The van der Waals surface area contributed by atoms with Crippen LogP contribution in [0, 0.1) is 13.8 Å². The van der Waals surface area contributed by atoms with Crippen molar-refractivity contribution >= 4 is 10.9 Å². The van der Waals surface area contributed by atoms with Gasteiger partial charge < -0.3 is 9.40 Å². The predicted molar refractivity (Wildman–Crippen MR) is 143 cm³/mol. The van der Waals surface area contributed by atoms with Crippen LogP contribution in [-0.2, 0) is 19.5 Å². The van der Waals surface area contributed by atoms with E-state index in [4.69, 9.17) is 4.42 Å². The number of fused-ring (bicyclic) bond motifs is 1. The smallest absolute Gasteiger partial charge is 0.252 e. The van der Waals surface area contributed by atoms with Crippen LogP contribution >= 0.6 is 0 Å². The molecule has 0 aliphatic carbocycles. The molecule has 0 radical (unpaired) electrons. The van der Waals surface area contributed by atoms with Gasteiger partial charge in [0.1, 0.15) is 12.3 Å². The molecule has 8 heteroatoms. The van der Waals surface area contributed by atoms with Crippen molar-refractivity contribution < 1.29 is 4.42 Å². The summed E-state index contributed by atoms with van der Waals surface area (Å²) in [5.41, 5.74) is 5.07. The van der Waals surface area contributed by atoms with Crippen LogP contribution in [0.25, 0.3) is 10.9 Å². The van der Waals surface area contributed by atoms with Gasteiger partial charge in [0, 0.05) is 29.6 Å². The quantitative estimate of drug-likeness (QED) is 0.294. The maximum Gasteiger partial charge on any atom is 0.252 e. The fraction of sp³-hybridized carbons (Fsp3) is 0.310. The number of H-pyrrole nitrogens is 1. The van der Waals surface area contributed by atoms with Crippen molar-refractivity contribution in [3.63, 3.8) is 0 Å².